The molecule has 2 nitrogen and oxygen atoms in total. The largest absolute Gasteiger partial charge is 0.330 e. The lowest BCUT2D eigenvalue weighted by molar-refractivity contribution is -0.134. The molecule has 0 saturated heterocycles. The van der Waals surface area contributed by atoms with Gasteiger partial charge >= 0.3 is 0 Å². The van der Waals surface area contributed by atoms with Gasteiger partial charge in [0.25, 0.3) is 0 Å². The minimum atomic E-state index is 0.0780. The first-order valence-corrected chi connectivity index (χ1v) is 7.58. The third kappa shape index (κ3) is 1.72. The molecule has 4 aliphatic carbocycles. The van der Waals surface area contributed by atoms with Crippen molar-refractivity contribution >= 4 is 16.9 Å². The lowest BCUT2D eigenvalue weighted by atomic mass is 9.50. The van der Waals surface area contributed by atoms with Gasteiger partial charge in [-0.1, -0.05) is 11.8 Å². The first-order chi connectivity index (χ1) is 7.72. The van der Waals surface area contributed by atoms with Crippen LogP contribution < -0.4 is 5.73 Å². The van der Waals surface area contributed by atoms with Crippen molar-refractivity contribution in [3.05, 3.63) is 0 Å². The van der Waals surface area contributed by atoms with Gasteiger partial charge in [0.1, 0.15) is 0 Å². The van der Waals surface area contributed by atoms with E-state index in [0.29, 0.717) is 11.7 Å². The highest BCUT2D eigenvalue weighted by molar-refractivity contribution is 8.13. The number of carbonyl (C=O) groups is 1. The van der Waals surface area contributed by atoms with Gasteiger partial charge in [-0.05, 0) is 56.3 Å². The molecule has 0 aromatic carbocycles. The van der Waals surface area contributed by atoms with Gasteiger partial charge in [0.15, 0.2) is 5.12 Å². The lowest BCUT2D eigenvalue weighted by Gasteiger charge is -2.55. The van der Waals surface area contributed by atoms with Gasteiger partial charge in [0.05, 0.1) is 0 Å². The SMILES string of the molecule is NCCSC(=O)C12CC3CC(CC(C3)C1)C2. The van der Waals surface area contributed by atoms with Crippen molar-refractivity contribution in [2.45, 2.75) is 38.5 Å². The van der Waals surface area contributed by atoms with E-state index in [1.807, 2.05) is 0 Å². The normalized spacial score (nSPS) is 44.9. The van der Waals surface area contributed by atoms with Gasteiger partial charge in [-0.2, -0.15) is 0 Å². The minimum absolute atomic E-state index is 0.0780. The van der Waals surface area contributed by atoms with Crippen molar-refractivity contribution in [1.29, 1.82) is 0 Å². The summed E-state index contributed by atoms with van der Waals surface area (Å²) in [6.45, 7) is 0.628. The van der Waals surface area contributed by atoms with E-state index in [0.717, 1.165) is 23.5 Å². The Morgan fingerprint density at radius 2 is 1.62 bits per heavy atom. The summed E-state index contributed by atoms with van der Waals surface area (Å²) in [7, 11) is 0. The molecule has 4 fully saturated rings. The summed E-state index contributed by atoms with van der Waals surface area (Å²) in [5, 5.41) is 0.469. The number of hydrogen-bond donors (Lipinski definition) is 1. The Hall–Kier alpha value is -0.0200. The summed E-state index contributed by atoms with van der Waals surface area (Å²) in [4.78, 5) is 12.4. The molecule has 0 aliphatic heterocycles. The van der Waals surface area contributed by atoms with Crippen molar-refractivity contribution in [3.63, 3.8) is 0 Å². The number of nitrogens with two attached hydrogens (primary N) is 1. The molecule has 0 amide bonds. The number of rotatable bonds is 3. The molecule has 4 aliphatic rings. The zero-order chi connectivity index (χ0) is 11.2. The molecule has 16 heavy (non-hydrogen) atoms. The van der Waals surface area contributed by atoms with E-state index >= 15 is 0 Å². The Labute approximate surface area is 102 Å². The van der Waals surface area contributed by atoms with Crippen LogP contribution in [-0.4, -0.2) is 17.4 Å². The Morgan fingerprint density at radius 1 is 1.12 bits per heavy atom. The lowest BCUT2D eigenvalue weighted by Crippen LogP contribution is -2.49. The van der Waals surface area contributed by atoms with E-state index in [9.17, 15) is 4.79 Å². The van der Waals surface area contributed by atoms with Crippen LogP contribution in [0.3, 0.4) is 0 Å². The fourth-order valence-corrected chi connectivity index (χ4v) is 5.52. The number of hydrogen-bond acceptors (Lipinski definition) is 3. The molecule has 3 heteroatoms. The van der Waals surface area contributed by atoms with Crippen molar-refractivity contribution in [3.8, 4) is 0 Å². The first-order valence-electron chi connectivity index (χ1n) is 6.59. The molecule has 4 saturated carbocycles. The van der Waals surface area contributed by atoms with E-state index in [4.69, 9.17) is 5.73 Å². The van der Waals surface area contributed by atoms with E-state index in [-0.39, 0.29) is 5.41 Å². The van der Waals surface area contributed by atoms with Gasteiger partial charge in [0, 0.05) is 17.7 Å². The Morgan fingerprint density at radius 3 is 2.06 bits per heavy atom. The number of carbonyl (C=O) groups excluding carboxylic acids is 1. The van der Waals surface area contributed by atoms with E-state index in [1.54, 1.807) is 0 Å². The van der Waals surface area contributed by atoms with Crippen LogP contribution in [0.1, 0.15) is 38.5 Å². The van der Waals surface area contributed by atoms with Crippen LogP contribution in [0.15, 0.2) is 0 Å². The zero-order valence-electron chi connectivity index (χ0n) is 9.78. The molecule has 0 atom stereocenters. The molecular weight excluding hydrogens is 218 g/mol. The second kappa shape index (κ2) is 4.02. The van der Waals surface area contributed by atoms with Gasteiger partial charge in [-0.15, -0.1) is 0 Å². The fraction of sp³-hybridized carbons (Fsp3) is 0.923. The summed E-state index contributed by atoms with van der Waals surface area (Å²) in [6, 6.07) is 0. The molecule has 0 heterocycles. The predicted molar refractivity (Wildman–Crippen MR) is 67.1 cm³/mol. The highest BCUT2D eigenvalue weighted by atomic mass is 32.2. The average Bonchev–Trinajstić information content (AvgIpc) is 2.24. The molecule has 0 unspecified atom stereocenters. The third-order valence-corrected chi connectivity index (χ3v) is 5.96. The maximum absolute atomic E-state index is 12.4. The second-order valence-electron chi connectivity index (χ2n) is 6.12. The van der Waals surface area contributed by atoms with E-state index in [1.165, 1.54) is 50.3 Å². The Bertz CT molecular complexity index is 267. The van der Waals surface area contributed by atoms with Crippen LogP contribution in [0.5, 0.6) is 0 Å². The number of thioether (sulfide) groups is 1. The maximum atomic E-state index is 12.4. The Balaban J connectivity index is 1.75. The van der Waals surface area contributed by atoms with E-state index < -0.39 is 0 Å². The highest BCUT2D eigenvalue weighted by Gasteiger charge is 2.54. The van der Waals surface area contributed by atoms with Crippen LogP contribution in [0.4, 0.5) is 0 Å². The Kier molecular flexibility index (Phi) is 2.79. The molecule has 0 radical (unpaired) electrons. The predicted octanol–water partition coefficient (Wildman–Crippen LogP) is 2.42. The minimum Gasteiger partial charge on any atom is -0.330 e. The van der Waals surface area contributed by atoms with Gasteiger partial charge in [-0.25, -0.2) is 0 Å². The van der Waals surface area contributed by atoms with E-state index in [2.05, 4.69) is 0 Å². The maximum Gasteiger partial charge on any atom is 0.195 e. The van der Waals surface area contributed by atoms with Crippen molar-refractivity contribution in [2.24, 2.45) is 28.9 Å². The first kappa shape index (κ1) is 11.1. The molecule has 90 valence electrons. The molecule has 0 aromatic heterocycles. The van der Waals surface area contributed by atoms with Gasteiger partial charge in [-0.3, -0.25) is 4.79 Å². The quantitative estimate of drug-likeness (QED) is 0.822. The van der Waals surface area contributed by atoms with Crippen molar-refractivity contribution in [2.75, 3.05) is 12.3 Å². The molecular formula is C13H21NOS. The summed E-state index contributed by atoms with van der Waals surface area (Å²) in [6.07, 6.45) is 7.80. The van der Waals surface area contributed by atoms with Gasteiger partial charge in [0.2, 0.25) is 0 Å². The van der Waals surface area contributed by atoms with Crippen LogP contribution in [0.25, 0.3) is 0 Å². The third-order valence-electron chi connectivity index (χ3n) is 4.82. The standard InChI is InChI=1S/C13H21NOS/c14-1-2-16-12(15)13-6-9-3-10(7-13)5-11(4-9)8-13/h9-11H,1-8,14H2. The topological polar surface area (TPSA) is 43.1 Å². The monoisotopic (exact) mass is 239 g/mol. The van der Waals surface area contributed by atoms with Crippen LogP contribution in [0.2, 0.25) is 0 Å². The fourth-order valence-electron chi connectivity index (χ4n) is 4.67. The summed E-state index contributed by atoms with van der Waals surface area (Å²) in [5.74, 6) is 3.41. The van der Waals surface area contributed by atoms with Crippen LogP contribution in [-0.2, 0) is 4.79 Å². The second-order valence-corrected chi connectivity index (χ2v) is 7.19. The molecule has 4 rings (SSSR count). The summed E-state index contributed by atoms with van der Waals surface area (Å²) >= 11 is 1.50. The van der Waals surface area contributed by atoms with Gasteiger partial charge < -0.3 is 5.73 Å². The van der Waals surface area contributed by atoms with Crippen LogP contribution in [0, 0.1) is 23.2 Å². The molecule has 0 spiro atoms. The zero-order valence-corrected chi connectivity index (χ0v) is 10.6. The molecule has 2 N–H and O–H groups in total. The van der Waals surface area contributed by atoms with Crippen LogP contribution >= 0.6 is 11.8 Å². The summed E-state index contributed by atoms with van der Waals surface area (Å²) < 4.78 is 0. The highest BCUT2D eigenvalue weighted by Crippen LogP contribution is 2.61. The molecule has 0 aromatic rings. The van der Waals surface area contributed by atoms with Crippen molar-refractivity contribution < 1.29 is 4.79 Å². The average molecular weight is 239 g/mol. The molecule has 4 bridgehead atoms. The smallest absolute Gasteiger partial charge is 0.195 e. The summed E-state index contributed by atoms with van der Waals surface area (Å²) in [5.41, 5.74) is 5.57. The van der Waals surface area contributed by atoms with Crippen molar-refractivity contribution in [1.82, 2.24) is 0 Å².